The van der Waals surface area contributed by atoms with Crippen LogP contribution in [0.25, 0.3) is 0 Å². The molecule has 1 rings (SSSR count). The summed E-state index contributed by atoms with van der Waals surface area (Å²) in [4.78, 5) is 8.83. The summed E-state index contributed by atoms with van der Waals surface area (Å²) in [7, 11) is 6.14. The molecule has 17 heavy (non-hydrogen) atoms. The second kappa shape index (κ2) is 7.12. The molecule has 0 fully saturated rings. The highest BCUT2D eigenvalue weighted by molar-refractivity contribution is 5.55. The Kier molecular flexibility index (Phi) is 5.77. The summed E-state index contributed by atoms with van der Waals surface area (Å²) in [5, 5.41) is 3.12. The number of anilines is 2. The van der Waals surface area contributed by atoms with Gasteiger partial charge in [-0.3, -0.25) is 4.98 Å². The zero-order valence-corrected chi connectivity index (χ0v) is 11.4. The van der Waals surface area contributed by atoms with E-state index in [2.05, 4.69) is 47.2 Å². The van der Waals surface area contributed by atoms with Crippen molar-refractivity contribution in [3.8, 4) is 0 Å². The van der Waals surface area contributed by atoms with Crippen LogP contribution in [0.1, 0.15) is 13.3 Å². The minimum atomic E-state index is 1.02. The van der Waals surface area contributed by atoms with E-state index in [-0.39, 0.29) is 0 Å². The van der Waals surface area contributed by atoms with Gasteiger partial charge in [0.25, 0.3) is 0 Å². The van der Waals surface area contributed by atoms with Crippen molar-refractivity contribution in [2.75, 3.05) is 51.0 Å². The predicted molar refractivity (Wildman–Crippen MR) is 74.8 cm³/mol. The zero-order chi connectivity index (χ0) is 12.7. The molecule has 1 N–H and O–H groups in total. The molecule has 0 amide bonds. The fourth-order valence-corrected chi connectivity index (χ4v) is 1.79. The third-order valence-electron chi connectivity index (χ3n) is 2.79. The molecule has 0 radical (unpaired) electrons. The first-order valence-corrected chi connectivity index (χ1v) is 6.19. The summed E-state index contributed by atoms with van der Waals surface area (Å²) in [5.41, 5.74) is 2.26. The Bertz CT molecular complexity index is 325. The molecule has 0 spiro atoms. The van der Waals surface area contributed by atoms with Gasteiger partial charge in [0, 0.05) is 20.1 Å². The van der Waals surface area contributed by atoms with Crippen molar-refractivity contribution < 1.29 is 0 Å². The molecule has 0 bridgehead atoms. The molecule has 4 heteroatoms. The van der Waals surface area contributed by atoms with Crippen molar-refractivity contribution >= 4 is 11.4 Å². The van der Waals surface area contributed by atoms with Crippen molar-refractivity contribution in [2.24, 2.45) is 0 Å². The Morgan fingerprint density at radius 3 is 2.59 bits per heavy atom. The van der Waals surface area contributed by atoms with Gasteiger partial charge in [-0.05, 0) is 40.1 Å². The monoisotopic (exact) mass is 236 g/mol. The normalized spacial score (nSPS) is 10.6. The second-order valence-corrected chi connectivity index (χ2v) is 4.42. The van der Waals surface area contributed by atoms with Crippen molar-refractivity contribution in [2.45, 2.75) is 13.3 Å². The third kappa shape index (κ3) is 4.61. The van der Waals surface area contributed by atoms with Crippen molar-refractivity contribution in [1.29, 1.82) is 0 Å². The highest BCUT2D eigenvalue weighted by Gasteiger charge is 2.05. The Balaban J connectivity index is 2.59. The quantitative estimate of drug-likeness (QED) is 0.783. The molecule has 0 saturated carbocycles. The Morgan fingerprint density at radius 2 is 2.00 bits per heavy atom. The standard InChI is InChI=1S/C13H24N4/c1-5-17(8-6-7-16(3)4)13-9-12(14-2)10-15-11-13/h9-11,14H,5-8H2,1-4H3. The van der Waals surface area contributed by atoms with Crippen LogP contribution in [-0.4, -0.2) is 50.7 Å². The maximum absolute atomic E-state index is 4.25. The van der Waals surface area contributed by atoms with E-state index in [0.717, 1.165) is 25.3 Å². The largest absolute Gasteiger partial charge is 0.387 e. The first-order chi connectivity index (χ1) is 8.17. The fourth-order valence-electron chi connectivity index (χ4n) is 1.79. The molecule has 1 heterocycles. The van der Waals surface area contributed by atoms with Gasteiger partial charge in [0.05, 0.1) is 23.8 Å². The van der Waals surface area contributed by atoms with Gasteiger partial charge in [-0.25, -0.2) is 0 Å². The third-order valence-corrected chi connectivity index (χ3v) is 2.79. The summed E-state index contributed by atoms with van der Waals surface area (Å²) in [6, 6.07) is 2.14. The Labute approximate surface area is 105 Å². The van der Waals surface area contributed by atoms with Gasteiger partial charge in [-0.15, -0.1) is 0 Å². The van der Waals surface area contributed by atoms with E-state index in [9.17, 15) is 0 Å². The highest BCUT2D eigenvalue weighted by Crippen LogP contribution is 2.17. The first kappa shape index (κ1) is 13.8. The smallest absolute Gasteiger partial charge is 0.0573 e. The van der Waals surface area contributed by atoms with Gasteiger partial charge in [0.15, 0.2) is 0 Å². The van der Waals surface area contributed by atoms with Gasteiger partial charge < -0.3 is 15.1 Å². The molecular formula is C13H24N4. The van der Waals surface area contributed by atoms with E-state index in [4.69, 9.17) is 0 Å². The van der Waals surface area contributed by atoms with Crippen LogP contribution in [-0.2, 0) is 0 Å². The second-order valence-electron chi connectivity index (χ2n) is 4.42. The topological polar surface area (TPSA) is 31.4 Å². The van der Waals surface area contributed by atoms with Gasteiger partial charge in [-0.1, -0.05) is 0 Å². The van der Waals surface area contributed by atoms with E-state index in [1.807, 2.05) is 19.4 Å². The van der Waals surface area contributed by atoms with Gasteiger partial charge in [-0.2, -0.15) is 0 Å². The van der Waals surface area contributed by atoms with Crippen LogP contribution < -0.4 is 10.2 Å². The number of nitrogens with one attached hydrogen (secondary N) is 1. The maximum Gasteiger partial charge on any atom is 0.0573 e. The number of rotatable bonds is 7. The van der Waals surface area contributed by atoms with Crippen molar-refractivity contribution in [3.63, 3.8) is 0 Å². The van der Waals surface area contributed by atoms with E-state index in [1.54, 1.807) is 0 Å². The lowest BCUT2D eigenvalue weighted by molar-refractivity contribution is 0.400. The van der Waals surface area contributed by atoms with E-state index in [1.165, 1.54) is 12.1 Å². The summed E-state index contributed by atoms with van der Waals surface area (Å²) in [6.45, 7) is 5.39. The summed E-state index contributed by atoms with van der Waals surface area (Å²) in [5.74, 6) is 0. The van der Waals surface area contributed by atoms with Gasteiger partial charge in [0.1, 0.15) is 0 Å². The number of hydrogen-bond acceptors (Lipinski definition) is 4. The molecule has 0 aliphatic rings. The lowest BCUT2D eigenvalue weighted by Crippen LogP contribution is -2.27. The minimum absolute atomic E-state index is 1.02. The molecular weight excluding hydrogens is 212 g/mol. The van der Waals surface area contributed by atoms with Crippen LogP contribution in [0.2, 0.25) is 0 Å². The van der Waals surface area contributed by atoms with Crippen LogP contribution in [0.3, 0.4) is 0 Å². The van der Waals surface area contributed by atoms with Crippen LogP contribution in [0.5, 0.6) is 0 Å². The van der Waals surface area contributed by atoms with Crippen LogP contribution in [0.4, 0.5) is 11.4 Å². The molecule has 0 aliphatic carbocycles. The van der Waals surface area contributed by atoms with Crippen LogP contribution in [0.15, 0.2) is 18.5 Å². The molecule has 1 aromatic rings. The lowest BCUT2D eigenvalue weighted by Gasteiger charge is -2.24. The molecule has 0 unspecified atom stereocenters. The number of aromatic nitrogens is 1. The number of hydrogen-bond donors (Lipinski definition) is 1. The average Bonchev–Trinajstić information content (AvgIpc) is 2.34. The molecule has 0 aromatic carbocycles. The average molecular weight is 236 g/mol. The molecule has 0 saturated heterocycles. The van der Waals surface area contributed by atoms with E-state index in [0.29, 0.717) is 0 Å². The van der Waals surface area contributed by atoms with Crippen LogP contribution >= 0.6 is 0 Å². The SMILES string of the molecule is CCN(CCCN(C)C)c1cncc(NC)c1. The number of nitrogens with zero attached hydrogens (tertiary/aromatic N) is 3. The summed E-state index contributed by atoms with van der Waals surface area (Å²) >= 11 is 0. The van der Waals surface area contributed by atoms with Crippen molar-refractivity contribution in [1.82, 2.24) is 9.88 Å². The molecule has 1 aromatic heterocycles. The van der Waals surface area contributed by atoms with Gasteiger partial charge >= 0.3 is 0 Å². The minimum Gasteiger partial charge on any atom is -0.387 e. The molecule has 4 nitrogen and oxygen atoms in total. The van der Waals surface area contributed by atoms with Gasteiger partial charge in [0.2, 0.25) is 0 Å². The first-order valence-electron chi connectivity index (χ1n) is 6.19. The summed E-state index contributed by atoms with van der Waals surface area (Å²) in [6.07, 6.45) is 4.95. The summed E-state index contributed by atoms with van der Waals surface area (Å²) < 4.78 is 0. The molecule has 0 aliphatic heterocycles. The Hall–Kier alpha value is -1.29. The fraction of sp³-hybridized carbons (Fsp3) is 0.615. The van der Waals surface area contributed by atoms with Crippen LogP contribution in [0, 0.1) is 0 Å². The maximum atomic E-state index is 4.25. The van der Waals surface area contributed by atoms with E-state index < -0.39 is 0 Å². The lowest BCUT2D eigenvalue weighted by atomic mass is 10.3. The van der Waals surface area contributed by atoms with Crippen molar-refractivity contribution in [3.05, 3.63) is 18.5 Å². The molecule has 0 atom stereocenters. The Morgan fingerprint density at radius 1 is 1.24 bits per heavy atom. The zero-order valence-electron chi connectivity index (χ0n) is 11.4. The number of pyridine rings is 1. The van der Waals surface area contributed by atoms with E-state index >= 15 is 0 Å². The predicted octanol–water partition coefficient (Wildman–Crippen LogP) is 1.90. The molecule has 96 valence electrons. The highest BCUT2D eigenvalue weighted by atomic mass is 15.1.